The van der Waals surface area contributed by atoms with Gasteiger partial charge in [0.1, 0.15) is 22.9 Å². The molecule has 7 nitrogen and oxygen atoms in total. The second-order valence-corrected chi connectivity index (χ2v) is 7.37. The third-order valence-electron chi connectivity index (χ3n) is 3.57. The van der Waals surface area contributed by atoms with Gasteiger partial charge in [0.05, 0.1) is 6.61 Å². The molecular weight excluding hydrogens is 315 g/mol. The van der Waals surface area contributed by atoms with E-state index in [9.17, 15) is 14.3 Å². The summed E-state index contributed by atoms with van der Waals surface area (Å²) in [5.74, 6) is -0.339. The summed E-state index contributed by atoms with van der Waals surface area (Å²) >= 11 is 0. The Morgan fingerprint density at radius 3 is 2.29 bits per heavy atom. The number of aryl methyl sites for hydroxylation is 1. The molecule has 0 unspecified atom stereocenters. The van der Waals surface area contributed by atoms with Gasteiger partial charge in [-0.25, -0.2) is 9.18 Å². The molecule has 0 aliphatic rings. The molecule has 0 spiro atoms. The molecule has 2 rings (SSSR count). The van der Waals surface area contributed by atoms with Gasteiger partial charge in [-0.05, 0) is 41.3 Å². The Labute approximate surface area is 139 Å². The van der Waals surface area contributed by atoms with Gasteiger partial charge in [0.15, 0.2) is 0 Å². The highest BCUT2D eigenvalue weighted by Gasteiger charge is 2.27. The quantitative estimate of drug-likeness (QED) is 0.915. The number of benzene rings is 1. The molecule has 0 atom stereocenters. The number of tetrazole rings is 1. The Bertz CT molecular complexity index is 803. The molecule has 2 aromatic rings. The molecule has 1 aromatic carbocycles. The van der Waals surface area contributed by atoms with Crippen LogP contribution in [-0.2, 0) is 12.5 Å². The minimum absolute atomic E-state index is 0.113. The van der Waals surface area contributed by atoms with Crippen LogP contribution in [-0.4, -0.2) is 37.1 Å². The fourth-order valence-corrected chi connectivity index (χ4v) is 2.16. The van der Waals surface area contributed by atoms with Crippen LogP contribution >= 0.6 is 0 Å². The molecule has 0 fully saturated rings. The Hall–Kier alpha value is -2.22. The lowest BCUT2D eigenvalue weighted by Crippen LogP contribution is -2.33. The number of hydrogen-bond acceptors (Lipinski definition) is 5. The molecule has 0 aliphatic carbocycles. The summed E-state index contributed by atoms with van der Waals surface area (Å²) < 4.78 is 22.4. The number of nitrogens with zero attached hydrogens (tertiary/aromatic N) is 4. The Morgan fingerprint density at radius 1 is 1.21 bits per heavy atom. The van der Waals surface area contributed by atoms with Crippen molar-refractivity contribution in [3.05, 3.63) is 34.0 Å². The lowest BCUT2D eigenvalue weighted by Gasteiger charge is -2.27. The molecule has 132 valence electrons. The van der Waals surface area contributed by atoms with E-state index >= 15 is 0 Å². The number of aliphatic hydroxyl groups excluding tert-OH is 1. The number of hydrogen-bond donors (Lipinski definition) is 1. The summed E-state index contributed by atoms with van der Waals surface area (Å²) in [5.41, 5.74) is -1.20. The maximum absolute atomic E-state index is 14.6. The molecular formula is C16H23FN4O3. The largest absolute Gasteiger partial charge is 0.483 e. The number of ether oxygens (including phenoxy) is 1. The fraction of sp³-hybridized carbons (Fsp3) is 0.562. The summed E-state index contributed by atoms with van der Waals surface area (Å²) in [7, 11) is 1.47. The topological polar surface area (TPSA) is 82.2 Å². The SMILES string of the molecule is Cn1nnn(-c2cc(C(C)(C)C)c(F)cc2OC(C)(C)CO)c1=O. The number of aliphatic hydroxyl groups is 1. The van der Waals surface area contributed by atoms with E-state index < -0.39 is 22.5 Å². The number of rotatable bonds is 4. The van der Waals surface area contributed by atoms with Gasteiger partial charge in [0.2, 0.25) is 0 Å². The van der Waals surface area contributed by atoms with E-state index in [0.717, 1.165) is 9.36 Å². The van der Waals surface area contributed by atoms with Crippen LogP contribution in [0.2, 0.25) is 0 Å². The molecule has 0 aliphatic heterocycles. The van der Waals surface area contributed by atoms with Crippen LogP contribution in [0, 0.1) is 5.82 Å². The summed E-state index contributed by atoms with van der Waals surface area (Å²) in [6.07, 6.45) is 0. The van der Waals surface area contributed by atoms with Crippen molar-refractivity contribution >= 4 is 0 Å². The third-order valence-corrected chi connectivity index (χ3v) is 3.57. The fourth-order valence-electron chi connectivity index (χ4n) is 2.16. The Balaban J connectivity index is 2.72. The molecule has 0 saturated heterocycles. The van der Waals surface area contributed by atoms with Crippen molar-refractivity contribution in [1.82, 2.24) is 19.8 Å². The van der Waals surface area contributed by atoms with Gasteiger partial charge in [-0.15, -0.1) is 0 Å². The first-order valence-corrected chi connectivity index (χ1v) is 7.59. The average Bonchev–Trinajstić information content (AvgIpc) is 2.78. The van der Waals surface area contributed by atoms with Gasteiger partial charge in [-0.2, -0.15) is 9.36 Å². The van der Waals surface area contributed by atoms with Gasteiger partial charge in [0, 0.05) is 13.1 Å². The maximum Gasteiger partial charge on any atom is 0.368 e. The lowest BCUT2D eigenvalue weighted by molar-refractivity contribution is 0.0408. The van der Waals surface area contributed by atoms with E-state index in [-0.39, 0.29) is 18.0 Å². The third kappa shape index (κ3) is 3.48. The van der Waals surface area contributed by atoms with Crippen LogP contribution in [0.25, 0.3) is 5.69 Å². The molecule has 24 heavy (non-hydrogen) atoms. The van der Waals surface area contributed by atoms with Gasteiger partial charge in [-0.3, -0.25) is 0 Å². The second-order valence-electron chi connectivity index (χ2n) is 7.37. The predicted octanol–water partition coefficient (Wildman–Crippen LogP) is 1.55. The first kappa shape index (κ1) is 18.1. The van der Waals surface area contributed by atoms with Crippen LogP contribution in [0.4, 0.5) is 4.39 Å². The number of aromatic nitrogens is 4. The highest BCUT2D eigenvalue weighted by molar-refractivity contribution is 5.50. The summed E-state index contributed by atoms with van der Waals surface area (Å²) in [6.45, 7) is 8.65. The lowest BCUT2D eigenvalue weighted by atomic mass is 9.86. The molecule has 8 heteroatoms. The monoisotopic (exact) mass is 338 g/mol. The first-order valence-electron chi connectivity index (χ1n) is 7.59. The second kappa shape index (κ2) is 6.01. The summed E-state index contributed by atoms with van der Waals surface area (Å²) in [5, 5.41) is 16.9. The first-order chi connectivity index (χ1) is 11.0. The highest BCUT2D eigenvalue weighted by Crippen LogP contribution is 2.33. The van der Waals surface area contributed by atoms with Crippen LogP contribution in [0.1, 0.15) is 40.2 Å². The molecule has 0 radical (unpaired) electrons. The van der Waals surface area contributed by atoms with E-state index in [4.69, 9.17) is 4.74 Å². The van der Waals surface area contributed by atoms with Crippen LogP contribution in [0.3, 0.4) is 0 Å². The minimum atomic E-state index is -0.948. The number of halogens is 1. The maximum atomic E-state index is 14.6. The zero-order valence-corrected chi connectivity index (χ0v) is 14.8. The van der Waals surface area contributed by atoms with Crippen LogP contribution in [0.5, 0.6) is 5.75 Å². The van der Waals surface area contributed by atoms with E-state index in [0.29, 0.717) is 5.56 Å². The van der Waals surface area contributed by atoms with Gasteiger partial charge in [-0.1, -0.05) is 20.8 Å². The highest BCUT2D eigenvalue weighted by atomic mass is 19.1. The minimum Gasteiger partial charge on any atom is -0.483 e. The van der Waals surface area contributed by atoms with Crippen LogP contribution < -0.4 is 10.4 Å². The van der Waals surface area contributed by atoms with Gasteiger partial charge >= 0.3 is 5.69 Å². The summed E-state index contributed by atoms with van der Waals surface area (Å²) in [6, 6.07) is 2.75. The van der Waals surface area contributed by atoms with Crippen molar-refractivity contribution < 1.29 is 14.2 Å². The average molecular weight is 338 g/mol. The van der Waals surface area contributed by atoms with Crippen molar-refractivity contribution in [1.29, 1.82) is 0 Å². The Kier molecular flexibility index (Phi) is 4.54. The van der Waals surface area contributed by atoms with Crippen molar-refractivity contribution in [2.45, 2.75) is 45.6 Å². The molecule has 0 bridgehead atoms. The van der Waals surface area contributed by atoms with E-state index in [1.807, 2.05) is 20.8 Å². The molecule has 1 heterocycles. The predicted molar refractivity (Wildman–Crippen MR) is 87.1 cm³/mol. The van der Waals surface area contributed by atoms with E-state index in [1.54, 1.807) is 13.8 Å². The molecule has 1 N–H and O–H groups in total. The zero-order valence-electron chi connectivity index (χ0n) is 14.8. The smallest absolute Gasteiger partial charge is 0.368 e. The van der Waals surface area contributed by atoms with Crippen molar-refractivity contribution in [3.63, 3.8) is 0 Å². The van der Waals surface area contributed by atoms with Crippen molar-refractivity contribution in [3.8, 4) is 11.4 Å². The van der Waals surface area contributed by atoms with Gasteiger partial charge in [0.25, 0.3) is 0 Å². The Morgan fingerprint density at radius 2 is 1.83 bits per heavy atom. The summed E-state index contributed by atoms with van der Waals surface area (Å²) in [4.78, 5) is 12.2. The van der Waals surface area contributed by atoms with E-state index in [1.165, 1.54) is 19.2 Å². The van der Waals surface area contributed by atoms with Gasteiger partial charge < -0.3 is 9.84 Å². The van der Waals surface area contributed by atoms with Crippen LogP contribution in [0.15, 0.2) is 16.9 Å². The molecule has 1 aromatic heterocycles. The van der Waals surface area contributed by atoms with Crippen molar-refractivity contribution in [2.75, 3.05) is 6.61 Å². The normalized spacial score (nSPS) is 12.5. The van der Waals surface area contributed by atoms with E-state index in [2.05, 4.69) is 10.4 Å². The molecule has 0 saturated carbocycles. The zero-order chi connectivity index (χ0) is 18.3. The molecule has 0 amide bonds. The van der Waals surface area contributed by atoms with Crippen molar-refractivity contribution in [2.24, 2.45) is 7.05 Å². The standard InChI is InChI=1S/C16H23FN4O3/c1-15(2,3)10-7-12(21-14(23)20(6)18-19-21)13(8-11(10)17)24-16(4,5)9-22/h7-8,22H,9H2,1-6H3.